The molecule has 0 fully saturated rings. The van der Waals surface area contributed by atoms with E-state index in [0.29, 0.717) is 17.2 Å². The van der Waals surface area contributed by atoms with Crippen LogP contribution in [0.5, 0.6) is 0 Å². The van der Waals surface area contributed by atoms with Crippen molar-refractivity contribution in [2.45, 2.75) is 50.5 Å². The third-order valence-corrected chi connectivity index (χ3v) is 4.48. The molecule has 2 rings (SSSR count). The van der Waals surface area contributed by atoms with Gasteiger partial charge in [-0.3, -0.25) is 4.79 Å². The van der Waals surface area contributed by atoms with Crippen LogP contribution in [-0.2, 0) is 22.4 Å². The van der Waals surface area contributed by atoms with Crippen LogP contribution < -0.4 is 0 Å². The molecule has 0 saturated carbocycles. The molecule has 1 aliphatic carbocycles. The molecule has 0 aromatic carbocycles. The molecule has 0 N–H and O–H groups in total. The van der Waals surface area contributed by atoms with Crippen molar-refractivity contribution in [1.82, 2.24) is 4.98 Å². The van der Waals surface area contributed by atoms with Gasteiger partial charge < -0.3 is 4.74 Å². The van der Waals surface area contributed by atoms with E-state index in [9.17, 15) is 10.1 Å². The van der Waals surface area contributed by atoms with E-state index in [1.54, 1.807) is 6.92 Å². The van der Waals surface area contributed by atoms with Crippen molar-refractivity contribution in [1.29, 1.82) is 5.26 Å². The van der Waals surface area contributed by atoms with E-state index >= 15 is 0 Å². The number of carbonyl (C=O) groups is 1. The van der Waals surface area contributed by atoms with Gasteiger partial charge in [0.25, 0.3) is 0 Å². The first-order chi connectivity index (χ1) is 10.2. The summed E-state index contributed by atoms with van der Waals surface area (Å²) in [7, 11) is 0. The number of hydrogen-bond donors (Lipinski definition) is 0. The molecule has 1 aliphatic rings. The van der Waals surface area contributed by atoms with Gasteiger partial charge in [0.1, 0.15) is 11.1 Å². The van der Waals surface area contributed by atoms with E-state index in [2.05, 4.69) is 11.1 Å². The lowest BCUT2D eigenvalue weighted by molar-refractivity contribution is -0.139. The van der Waals surface area contributed by atoms with Gasteiger partial charge in [0.2, 0.25) is 0 Å². The predicted octanol–water partition coefficient (Wildman–Crippen LogP) is 3.27. The molecule has 0 saturated heterocycles. The number of fused-ring (bicyclic) bond motifs is 1. The van der Waals surface area contributed by atoms with E-state index in [-0.39, 0.29) is 11.7 Å². The SMILES string of the molecule is CCOC(=O)CSc1nc2c(cc1C#N)CCCCCC2. The van der Waals surface area contributed by atoms with Crippen LogP contribution in [0.25, 0.3) is 0 Å². The van der Waals surface area contributed by atoms with Crippen molar-refractivity contribution in [2.75, 3.05) is 12.4 Å². The predicted molar refractivity (Wildman–Crippen MR) is 82.2 cm³/mol. The lowest BCUT2D eigenvalue weighted by Crippen LogP contribution is -2.09. The number of aromatic nitrogens is 1. The summed E-state index contributed by atoms with van der Waals surface area (Å²) in [5, 5.41) is 9.95. The van der Waals surface area contributed by atoms with Crippen molar-refractivity contribution < 1.29 is 9.53 Å². The first-order valence-electron chi connectivity index (χ1n) is 7.46. The van der Waals surface area contributed by atoms with Gasteiger partial charge in [-0.2, -0.15) is 5.26 Å². The fourth-order valence-electron chi connectivity index (χ4n) is 2.49. The van der Waals surface area contributed by atoms with E-state index < -0.39 is 0 Å². The maximum Gasteiger partial charge on any atom is 0.316 e. The highest BCUT2D eigenvalue weighted by molar-refractivity contribution is 7.99. The van der Waals surface area contributed by atoms with Gasteiger partial charge in [0.15, 0.2) is 0 Å². The van der Waals surface area contributed by atoms with Crippen LogP contribution in [0, 0.1) is 11.3 Å². The second-order valence-corrected chi connectivity index (χ2v) is 6.03. The molecule has 0 radical (unpaired) electrons. The first-order valence-corrected chi connectivity index (χ1v) is 8.44. The monoisotopic (exact) mass is 304 g/mol. The number of carbonyl (C=O) groups excluding carboxylic acids is 1. The Kier molecular flexibility index (Phi) is 6.06. The fourth-order valence-corrected chi connectivity index (χ4v) is 3.26. The summed E-state index contributed by atoms with van der Waals surface area (Å²) < 4.78 is 4.92. The average Bonchev–Trinajstić information content (AvgIpc) is 2.46. The third-order valence-electron chi connectivity index (χ3n) is 3.52. The zero-order valence-corrected chi connectivity index (χ0v) is 13.2. The van der Waals surface area contributed by atoms with Crippen LogP contribution in [0.4, 0.5) is 0 Å². The number of pyridine rings is 1. The molecule has 0 bridgehead atoms. The summed E-state index contributed by atoms with van der Waals surface area (Å²) in [5.41, 5.74) is 2.87. The Bertz CT molecular complexity index is 552. The van der Waals surface area contributed by atoms with Crippen LogP contribution in [0.1, 0.15) is 49.4 Å². The third kappa shape index (κ3) is 4.47. The number of ether oxygens (including phenoxy) is 1. The van der Waals surface area contributed by atoms with Crippen molar-refractivity contribution >= 4 is 17.7 Å². The lowest BCUT2D eigenvalue weighted by Gasteiger charge is -2.15. The standard InChI is InChI=1S/C16H20N2O2S/c1-2-20-15(19)11-21-16-13(10-17)9-12-7-5-3-4-6-8-14(12)18-16/h9H,2-8,11H2,1H3. The minimum absolute atomic E-state index is 0.203. The Morgan fingerprint density at radius 2 is 2.14 bits per heavy atom. The van der Waals surface area contributed by atoms with Crippen molar-refractivity contribution in [3.05, 3.63) is 22.9 Å². The molecule has 1 aromatic heterocycles. The number of hydrogen-bond acceptors (Lipinski definition) is 5. The number of nitriles is 1. The normalized spacial score (nSPS) is 14.5. The molecule has 1 aromatic rings. The van der Waals surface area contributed by atoms with Crippen molar-refractivity contribution in [2.24, 2.45) is 0 Å². The van der Waals surface area contributed by atoms with Crippen LogP contribution in [0.2, 0.25) is 0 Å². The summed E-state index contributed by atoms with van der Waals surface area (Å²) in [6, 6.07) is 4.16. The smallest absolute Gasteiger partial charge is 0.316 e. The number of nitrogens with zero attached hydrogens (tertiary/aromatic N) is 2. The molecule has 5 heteroatoms. The van der Waals surface area contributed by atoms with Gasteiger partial charge in [-0.1, -0.05) is 24.6 Å². The van der Waals surface area contributed by atoms with E-state index in [1.807, 2.05) is 6.07 Å². The molecule has 0 atom stereocenters. The molecule has 1 heterocycles. The van der Waals surface area contributed by atoms with E-state index in [0.717, 1.165) is 31.4 Å². The highest BCUT2D eigenvalue weighted by Crippen LogP contribution is 2.26. The second kappa shape index (κ2) is 8.04. The lowest BCUT2D eigenvalue weighted by atomic mass is 9.96. The van der Waals surface area contributed by atoms with E-state index in [1.165, 1.54) is 30.2 Å². The van der Waals surface area contributed by atoms with Crippen LogP contribution in [0.15, 0.2) is 11.1 Å². The van der Waals surface area contributed by atoms with Gasteiger partial charge in [0.05, 0.1) is 17.9 Å². The fraction of sp³-hybridized carbons (Fsp3) is 0.562. The molecular weight excluding hydrogens is 284 g/mol. The van der Waals surface area contributed by atoms with Gasteiger partial charge >= 0.3 is 5.97 Å². The molecule has 112 valence electrons. The highest BCUT2D eigenvalue weighted by atomic mass is 32.2. The Balaban J connectivity index is 2.18. The Morgan fingerprint density at radius 3 is 2.86 bits per heavy atom. The Morgan fingerprint density at radius 1 is 1.38 bits per heavy atom. The largest absolute Gasteiger partial charge is 0.465 e. The van der Waals surface area contributed by atoms with E-state index in [4.69, 9.17) is 4.74 Å². The summed E-state index contributed by atoms with van der Waals surface area (Å²) in [5.74, 6) is -0.0613. The van der Waals surface area contributed by atoms with Gasteiger partial charge in [-0.15, -0.1) is 0 Å². The number of aryl methyl sites for hydroxylation is 2. The minimum atomic E-state index is -0.264. The van der Waals surface area contributed by atoms with Gasteiger partial charge in [-0.05, 0) is 44.2 Å². The molecule has 4 nitrogen and oxygen atoms in total. The Labute approximate surface area is 129 Å². The van der Waals surface area contributed by atoms with Crippen LogP contribution >= 0.6 is 11.8 Å². The number of thioether (sulfide) groups is 1. The zero-order chi connectivity index (χ0) is 15.1. The van der Waals surface area contributed by atoms with Crippen LogP contribution in [-0.4, -0.2) is 23.3 Å². The van der Waals surface area contributed by atoms with Crippen molar-refractivity contribution in [3.63, 3.8) is 0 Å². The molecule has 0 amide bonds. The molecule has 0 aliphatic heterocycles. The first kappa shape index (κ1) is 15.8. The summed E-state index contributed by atoms with van der Waals surface area (Å²) in [6.45, 7) is 2.16. The molecular formula is C16H20N2O2S. The molecule has 0 spiro atoms. The second-order valence-electron chi connectivity index (χ2n) is 5.07. The summed E-state index contributed by atoms with van der Waals surface area (Å²) in [6.07, 6.45) is 6.77. The van der Waals surface area contributed by atoms with Crippen molar-refractivity contribution in [3.8, 4) is 6.07 Å². The molecule has 0 unspecified atom stereocenters. The van der Waals surface area contributed by atoms with Crippen LogP contribution in [0.3, 0.4) is 0 Å². The quantitative estimate of drug-likeness (QED) is 0.631. The zero-order valence-electron chi connectivity index (χ0n) is 12.4. The van der Waals surface area contributed by atoms with Gasteiger partial charge in [0, 0.05) is 5.69 Å². The topological polar surface area (TPSA) is 63.0 Å². The minimum Gasteiger partial charge on any atom is -0.465 e. The maximum absolute atomic E-state index is 11.5. The highest BCUT2D eigenvalue weighted by Gasteiger charge is 2.15. The molecule has 21 heavy (non-hydrogen) atoms. The summed E-state index contributed by atoms with van der Waals surface area (Å²) in [4.78, 5) is 16.1. The summed E-state index contributed by atoms with van der Waals surface area (Å²) >= 11 is 1.30. The van der Waals surface area contributed by atoms with Gasteiger partial charge in [-0.25, -0.2) is 4.98 Å². The Hall–Kier alpha value is -1.54. The number of rotatable bonds is 4. The average molecular weight is 304 g/mol. The number of esters is 1. The maximum atomic E-state index is 11.5.